The number of carbonyl (C=O) groups is 1. The quantitative estimate of drug-likeness (QED) is 0.769. The summed E-state index contributed by atoms with van der Waals surface area (Å²) in [5.41, 5.74) is 8.57. The zero-order chi connectivity index (χ0) is 13.5. The van der Waals surface area contributed by atoms with Crippen LogP contribution in [0.3, 0.4) is 0 Å². The van der Waals surface area contributed by atoms with Crippen molar-refractivity contribution in [3.63, 3.8) is 0 Å². The molecule has 5 nitrogen and oxygen atoms in total. The SMILES string of the molecule is CC(C)NC(=O)CC(CN)N(C)Cc1cscn1. The Bertz CT molecular complexity index is 353. The normalized spacial score (nSPS) is 13.0. The summed E-state index contributed by atoms with van der Waals surface area (Å²) in [5, 5.41) is 4.90. The number of thiazole rings is 1. The fourth-order valence-electron chi connectivity index (χ4n) is 1.71. The van der Waals surface area contributed by atoms with Crippen molar-refractivity contribution in [1.29, 1.82) is 0 Å². The van der Waals surface area contributed by atoms with Gasteiger partial charge in [0.2, 0.25) is 5.91 Å². The van der Waals surface area contributed by atoms with Gasteiger partial charge < -0.3 is 11.1 Å². The van der Waals surface area contributed by atoms with Gasteiger partial charge in [-0.25, -0.2) is 4.98 Å². The van der Waals surface area contributed by atoms with E-state index in [-0.39, 0.29) is 18.0 Å². The van der Waals surface area contributed by atoms with Crippen LogP contribution in [0.25, 0.3) is 0 Å². The van der Waals surface area contributed by atoms with Crippen LogP contribution in [-0.2, 0) is 11.3 Å². The lowest BCUT2D eigenvalue weighted by Crippen LogP contribution is -2.42. The van der Waals surface area contributed by atoms with Crippen molar-refractivity contribution in [2.45, 2.75) is 38.9 Å². The number of rotatable bonds is 7. The molecule has 1 rings (SSSR count). The molecule has 0 aliphatic rings. The third-order valence-electron chi connectivity index (χ3n) is 2.66. The van der Waals surface area contributed by atoms with Crippen LogP contribution in [0.4, 0.5) is 0 Å². The van der Waals surface area contributed by atoms with Crippen LogP contribution < -0.4 is 11.1 Å². The summed E-state index contributed by atoms with van der Waals surface area (Å²) >= 11 is 1.57. The molecule has 0 bridgehead atoms. The van der Waals surface area contributed by atoms with Crippen molar-refractivity contribution in [3.05, 3.63) is 16.6 Å². The molecule has 1 aromatic heterocycles. The van der Waals surface area contributed by atoms with Crippen molar-refractivity contribution < 1.29 is 4.79 Å². The summed E-state index contributed by atoms with van der Waals surface area (Å²) in [6, 6.07) is 0.213. The van der Waals surface area contributed by atoms with Crippen LogP contribution >= 0.6 is 11.3 Å². The maximum atomic E-state index is 11.7. The fraction of sp³-hybridized carbons (Fsp3) is 0.667. The highest BCUT2D eigenvalue weighted by Crippen LogP contribution is 2.08. The lowest BCUT2D eigenvalue weighted by atomic mass is 10.1. The van der Waals surface area contributed by atoms with Crippen molar-refractivity contribution in [3.8, 4) is 0 Å². The standard InChI is InChI=1S/C12H22N4OS/c1-9(2)15-12(17)4-11(5-13)16(3)6-10-7-18-8-14-10/h7-9,11H,4-6,13H2,1-3H3,(H,15,17). The molecule has 18 heavy (non-hydrogen) atoms. The number of hydrogen-bond donors (Lipinski definition) is 2. The van der Waals surface area contributed by atoms with Gasteiger partial charge in [0.1, 0.15) is 0 Å². The number of nitrogens with one attached hydrogen (secondary N) is 1. The second-order valence-corrected chi connectivity index (χ2v) is 5.43. The minimum absolute atomic E-state index is 0.0467. The molecule has 1 heterocycles. The summed E-state index contributed by atoms with van der Waals surface area (Å²) in [5.74, 6) is 0.0468. The molecule has 1 amide bonds. The van der Waals surface area contributed by atoms with Crippen LogP contribution in [0.5, 0.6) is 0 Å². The molecule has 0 aromatic carbocycles. The maximum absolute atomic E-state index is 11.7. The van der Waals surface area contributed by atoms with Gasteiger partial charge in [-0.15, -0.1) is 11.3 Å². The Kier molecular flexibility index (Phi) is 6.24. The van der Waals surface area contributed by atoms with E-state index in [9.17, 15) is 4.79 Å². The van der Waals surface area contributed by atoms with E-state index in [0.717, 1.165) is 12.2 Å². The van der Waals surface area contributed by atoms with E-state index in [4.69, 9.17) is 5.73 Å². The minimum atomic E-state index is 0.0467. The number of nitrogens with two attached hydrogens (primary N) is 1. The topological polar surface area (TPSA) is 71.2 Å². The first-order chi connectivity index (χ1) is 8.52. The van der Waals surface area contributed by atoms with E-state index in [0.29, 0.717) is 13.0 Å². The van der Waals surface area contributed by atoms with Crippen LogP contribution in [0, 0.1) is 0 Å². The van der Waals surface area contributed by atoms with Gasteiger partial charge in [0.05, 0.1) is 11.2 Å². The van der Waals surface area contributed by atoms with Gasteiger partial charge in [0.25, 0.3) is 0 Å². The molecule has 0 spiro atoms. The summed E-state index contributed by atoms with van der Waals surface area (Å²) in [6.07, 6.45) is 0.426. The predicted molar refractivity (Wildman–Crippen MR) is 74.3 cm³/mol. The molecule has 0 fully saturated rings. The second-order valence-electron chi connectivity index (χ2n) is 4.71. The van der Waals surface area contributed by atoms with Crippen LogP contribution in [0.1, 0.15) is 26.0 Å². The van der Waals surface area contributed by atoms with Gasteiger partial charge in [0, 0.05) is 37.0 Å². The summed E-state index contributed by atoms with van der Waals surface area (Å²) < 4.78 is 0. The highest BCUT2D eigenvalue weighted by Gasteiger charge is 2.18. The highest BCUT2D eigenvalue weighted by atomic mass is 32.1. The van der Waals surface area contributed by atoms with Crippen LogP contribution in [0.15, 0.2) is 10.9 Å². The number of nitrogens with zero attached hydrogens (tertiary/aromatic N) is 2. The van der Waals surface area contributed by atoms with Crippen molar-refractivity contribution >= 4 is 17.2 Å². The summed E-state index contributed by atoms with van der Waals surface area (Å²) in [7, 11) is 1.97. The Hall–Kier alpha value is -0.980. The van der Waals surface area contributed by atoms with Crippen molar-refractivity contribution in [1.82, 2.24) is 15.2 Å². The molecule has 0 aliphatic carbocycles. The van der Waals surface area contributed by atoms with E-state index in [1.54, 1.807) is 11.3 Å². The zero-order valence-corrected chi connectivity index (χ0v) is 12.0. The lowest BCUT2D eigenvalue weighted by molar-refractivity contribution is -0.122. The first-order valence-electron chi connectivity index (χ1n) is 6.09. The molecule has 6 heteroatoms. The van der Waals surface area contributed by atoms with Gasteiger partial charge >= 0.3 is 0 Å². The molecule has 3 N–H and O–H groups in total. The monoisotopic (exact) mass is 270 g/mol. The number of carbonyl (C=O) groups excluding carboxylic acids is 1. The largest absolute Gasteiger partial charge is 0.354 e. The maximum Gasteiger partial charge on any atom is 0.221 e. The summed E-state index contributed by atoms with van der Waals surface area (Å²) in [4.78, 5) is 18.0. The van der Waals surface area contributed by atoms with Crippen molar-refractivity contribution in [2.24, 2.45) is 5.73 Å². The molecular formula is C12H22N4OS. The third kappa shape index (κ3) is 5.12. The summed E-state index contributed by atoms with van der Waals surface area (Å²) in [6.45, 7) is 5.09. The molecule has 0 aliphatic heterocycles. The van der Waals surface area contributed by atoms with Crippen LogP contribution in [-0.4, -0.2) is 41.5 Å². The van der Waals surface area contributed by atoms with E-state index < -0.39 is 0 Å². The first-order valence-corrected chi connectivity index (χ1v) is 7.04. The first kappa shape index (κ1) is 15.1. The van der Waals surface area contributed by atoms with Gasteiger partial charge in [0.15, 0.2) is 0 Å². The third-order valence-corrected chi connectivity index (χ3v) is 3.30. The average Bonchev–Trinajstić information content (AvgIpc) is 2.77. The van der Waals surface area contributed by atoms with Crippen molar-refractivity contribution in [2.75, 3.05) is 13.6 Å². The lowest BCUT2D eigenvalue weighted by Gasteiger charge is -2.26. The number of aromatic nitrogens is 1. The second kappa shape index (κ2) is 7.45. The molecule has 1 atom stereocenters. The number of likely N-dealkylation sites (N-methyl/N-ethyl adjacent to an activating group) is 1. The van der Waals surface area contributed by atoms with E-state index in [1.165, 1.54) is 0 Å². The molecular weight excluding hydrogens is 248 g/mol. The fourth-order valence-corrected chi connectivity index (χ4v) is 2.26. The average molecular weight is 270 g/mol. The highest BCUT2D eigenvalue weighted by molar-refractivity contribution is 7.07. The zero-order valence-electron chi connectivity index (χ0n) is 11.2. The Balaban J connectivity index is 2.46. The minimum Gasteiger partial charge on any atom is -0.354 e. The van der Waals surface area contributed by atoms with Crippen LogP contribution in [0.2, 0.25) is 0 Å². The number of hydrogen-bond acceptors (Lipinski definition) is 5. The van der Waals surface area contributed by atoms with E-state index >= 15 is 0 Å². The molecule has 0 saturated carbocycles. The Morgan fingerprint density at radius 2 is 2.33 bits per heavy atom. The smallest absolute Gasteiger partial charge is 0.221 e. The van der Waals surface area contributed by atoms with Gasteiger partial charge in [-0.3, -0.25) is 9.69 Å². The van der Waals surface area contributed by atoms with Gasteiger partial charge in [-0.2, -0.15) is 0 Å². The van der Waals surface area contributed by atoms with Gasteiger partial charge in [-0.1, -0.05) is 0 Å². The molecule has 1 unspecified atom stereocenters. The molecule has 1 aromatic rings. The molecule has 102 valence electrons. The predicted octanol–water partition coefficient (Wildman–Crippen LogP) is 0.817. The Labute approximate surface area is 112 Å². The molecule has 0 saturated heterocycles. The molecule has 0 radical (unpaired) electrons. The number of amides is 1. The Morgan fingerprint density at radius 3 is 2.83 bits per heavy atom. The van der Waals surface area contributed by atoms with Gasteiger partial charge in [-0.05, 0) is 20.9 Å². The van der Waals surface area contributed by atoms with E-state index in [1.807, 2.05) is 31.8 Å². The van der Waals surface area contributed by atoms with E-state index in [2.05, 4.69) is 15.2 Å². The Morgan fingerprint density at radius 1 is 1.61 bits per heavy atom.